The van der Waals surface area contributed by atoms with Crippen LogP contribution >= 0.6 is 0 Å². The molecule has 0 fully saturated rings. The Balaban J connectivity index is 1.67. The van der Waals surface area contributed by atoms with Crippen LogP contribution < -0.4 is 16.6 Å². The molecule has 2 N–H and O–H groups in total. The second kappa shape index (κ2) is 7.26. The minimum Gasteiger partial charge on any atom is -0.313 e. The Kier molecular flexibility index (Phi) is 4.49. The normalized spacial score (nSPS) is 10.7. The summed E-state index contributed by atoms with van der Waals surface area (Å²) in [6.45, 7) is 0. The number of aromatic nitrogens is 7. The highest BCUT2D eigenvalue weighted by atomic mass is 19.1. The van der Waals surface area contributed by atoms with Crippen LogP contribution in [-0.2, 0) is 0 Å². The van der Waals surface area contributed by atoms with Crippen LogP contribution in [-0.4, -0.2) is 40.2 Å². The third-order valence-corrected chi connectivity index (χ3v) is 3.85. The molecule has 3 aromatic heterocycles. The van der Waals surface area contributed by atoms with Gasteiger partial charge < -0.3 is 10.3 Å². The van der Waals surface area contributed by atoms with Gasteiger partial charge in [0, 0.05) is 12.3 Å². The molecule has 3 heterocycles. The van der Waals surface area contributed by atoms with E-state index < -0.39 is 23.0 Å². The van der Waals surface area contributed by atoms with E-state index in [1.165, 1.54) is 41.9 Å². The highest BCUT2D eigenvalue weighted by Gasteiger charge is 2.17. The maximum atomic E-state index is 13.1. The predicted octanol–water partition coefficient (Wildman–Crippen LogP) is 0.288. The van der Waals surface area contributed by atoms with Gasteiger partial charge in [0.1, 0.15) is 36.2 Å². The zero-order valence-electron chi connectivity index (χ0n) is 14.5. The summed E-state index contributed by atoms with van der Waals surface area (Å²) in [6.07, 6.45) is 4.94. The Morgan fingerprint density at radius 2 is 1.90 bits per heavy atom. The molecule has 0 spiro atoms. The quantitative estimate of drug-likeness (QED) is 0.507. The molecule has 0 aliphatic heterocycles. The molecule has 0 saturated heterocycles. The summed E-state index contributed by atoms with van der Waals surface area (Å²) < 4.78 is 15.2. The molecule has 1 aromatic carbocycles. The lowest BCUT2D eigenvalue weighted by molar-refractivity contribution is 0.102. The summed E-state index contributed by atoms with van der Waals surface area (Å²) in [5, 5.41) is 6.38. The van der Waals surface area contributed by atoms with Gasteiger partial charge in [-0.3, -0.25) is 9.59 Å². The van der Waals surface area contributed by atoms with Gasteiger partial charge in [-0.2, -0.15) is 5.10 Å². The fourth-order valence-electron chi connectivity index (χ4n) is 2.51. The Hall–Kier alpha value is -4.48. The summed E-state index contributed by atoms with van der Waals surface area (Å²) >= 11 is 0. The molecule has 0 saturated carbocycles. The van der Waals surface area contributed by atoms with Gasteiger partial charge >= 0.3 is 5.69 Å². The molecule has 144 valence electrons. The lowest BCUT2D eigenvalue weighted by Crippen LogP contribution is -2.38. The number of anilines is 1. The van der Waals surface area contributed by atoms with Crippen molar-refractivity contribution in [3.63, 3.8) is 0 Å². The fraction of sp³-hybridized carbons (Fsp3) is 0. The third kappa shape index (κ3) is 3.53. The van der Waals surface area contributed by atoms with Crippen molar-refractivity contribution >= 4 is 11.7 Å². The summed E-state index contributed by atoms with van der Waals surface area (Å²) in [6, 6.07) is 6.13. The maximum Gasteiger partial charge on any atom is 0.333 e. The molecule has 29 heavy (non-hydrogen) atoms. The molecule has 0 aliphatic carbocycles. The number of hydrogen-bond acceptors (Lipinski definition) is 7. The highest BCUT2D eigenvalue weighted by molar-refractivity contribution is 6.03. The summed E-state index contributed by atoms with van der Waals surface area (Å²) in [5.41, 5.74) is -1.87. The molecule has 0 aliphatic rings. The molecular weight excluding hydrogens is 383 g/mol. The van der Waals surface area contributed by atoms with E-state index in [0.717, 1.165) is 22.9 Å². The van der Waals surface area contributed by atoms with Crippen molar-refractivity contribution in [1.82, 2.24) is 34.3 Å². The fourth-order valence-corrected chi connectivity index (χ4v) is 2.51. The number of amides is 1. The van der Waals surface area contributed by atoms with Gasteiger partial charge in [0.05, 0.1) is 5.69 Å². The lowest BCUT2D eigenvalue weighted by atomic mass is 10.2. The van der Waals surface area contributed by atoms with Crippen molar-refractivity contribution in [2.24, 2.45) is 0 Å². The minimum absolute atomic E-state index is 0.106. The van der Waals surface area contributed by atoms with E-state index in [4.69, 9.17) is 0 Å². The van der Waals surface area contributed by atoms with Crippen LogP contribution in [0.2, 0.25) is 0 Å². The van der Waals surface area contributed by atoms with Crippen LogP contribution in [0.5, 0.6) is 0 Å². The first-order valence-electron chi connectivity index (χ1n) is 8.12. The van der Waals surface area contributed by atoms with E-state index in [2.05, 4.69) is 30.4 Å². The summed E-state index contributed by atoms with van der Waals surface area (Å²) in [5.74, 6) is -0.878. The molecular formula is C17H11FN8O3. The van der Waals surface area contributed by atoms with Gasteiger partial charge in [0.25, 0.3) is 11.5 Å². The molecule has 12 heteroatoms. The second-order valence-corrected chi connectivity index (χ2v) is 5.68. The van der Waals surface area contributed by atoms with Crippen LogP contribution in [0.4, 0.5) is 10.2 Å². The zero-order valence-corrected chi connectivity index (χ0v) is 14.5. The Morgan fingerprint density at radius 3 is 2.62 bits per heavy atom. The van der Waals surface area contributed by atoms with Crippen molar-refractivity contribution in [3.8, 4) is 11.5 Å². The van der Waals surface area contributed by atoms with E-state index in [0.29, 0.717) is 5.82 Å². The van der Waals surface area contributed by atoms with Gasteiger partial charge in [-0.1, -0.05) is 0 Å². The second-order valence-electron chi connectivity index (χ2n) is 5.68. The number of nitrogens with zero attached hydrogens (tertiary/aromatic N) is 6. The van der Waals surface area contributed by atoms with Crippen LogP contribution in [0.25, 0.3) is 11.5 Å². The van der Waals surface area contributed by atoms with Gasteiger partial charge in [-0.05, 0) is 24.3 Å². The Labute approximate surface area is 160 Å². The predicted molar refractivity (Wildman–Crippen MR) is 97.5 cm³/mol. The van der Waals surface area contributed by atoms with Crippen molar-refractivity contribution < 1.29 is 9.18 Å². The van der Waals surface area contributed by atoms with Crippen LogP contribution in [0.1, 0.15) is 10.4 Å². The topological polar surface area (TPSA) is 140 Å². The highest BCUT2D eigenvalue weighted by Crippen LogP contribution is 2.09. The number of H-pyrrole nitrogens is 1. The standard InChI is InChI=1S/C17H11FN8O3/c18-10-1-3-11(4-2-10)26-16(28)12(6-20-17(26)29)15(27)24-13-5-14(22-8-21-13)25-9-19-7-23-25/h1-9H,(H,20,29)(H,21,22,24,27). The van der Waals surface area contributed by atoms with Crippen molar-refractivity contribution in [2.45, 2.75) is 0 Å². The average molecular weight is 394 g/mol. The van der Waals surface area contributed by atoms with Gasteiger partial charge in [0.2, 0.25) is 0 Å². The molecule has 0 radical (unpaired) electrons. The molecule has 0 bridgehead atoms. The van der Waals surface area contributed by atoms with Crippen molar-refractivity contribution in [2.75, 3.05) is 5.32 Å². The van der Waals surface area contributed by atoms with Crippen LogP contribution in [0.15, 0.2) is 65.1 Å². The van der Waals surface area contributed by atoms with Gasteiger partial charge in [-0.15, -0.1) is 0 Å². The number of benzene rings is 1. The Morgan fingerprint density at radius 1 is 1.10 bits per heavy atom. The molecule has 4 aromatic rings. The van der Waals surface area contributed by atoms with E-state index in [1.54, 1.807) is 0 Å². The number of aromatic amines is 1. The molecule has 0 atom stereocenters. The molecule has 1 amide bonds. The van der Waals surface area contributed by atoms with E-state index in [9.17, 15) is 18.8 Å². The van der Waals surface area contributed by atoms with Crippen molar-refractivity contribution in [1.29, 1.82) is 0 Å². The van der Waals surface area contributed by atoms with E-state index in [-0.39, 0.29) is 17.1 Å². The number of halogens is 1. The molecule has 0 unspecified atom stereocenters. The van der Waals surface area contributed by atoms with Crippen LogP contribution in [0.3, 0.4) is 0 Å². The average Bonchev–Trinajstić information content (AvgIpc) is 3.24. The number of carbonyl (C=O) groups is 1. The number of rotatable bonds is 4. The van der Waals surface area contributed by atoms with E-state index >= 15 is 0 Å². The molecule has 11 nitrogen and oxygen atoms in total. The number of hydrogen-bond donors (Lipinski definition) is 2. The first-order chi connectivity index (χ1) is 14.0. The van der Waals surface area contributed by atoms with Crippen LogP contribution in [0, 0.1) is 5.82 Å². The molecule has 4 rings (SSSR count). The number of carbonyl (C=O) groups excluding carboxylic acids is 1. The SMILES string of the molecule is O=C(Nc1cc(-n2cncn2)ncn1)c1c[nH]c(=O)n(-c2ccc(F)cc2)c1=O. The summed E-state index contributed by atoms with van der Waals surface area (Å²) in [4.78, 5) is 51.4. The van der Waals surface area contributed by atoms with E-state index in [1.807, 2.05) is 0 Å². The largest absolute Gasteiger partial charge is 0.333 e. The smallest absolute Gasteiger partial charge is 0.313 e. The first-order valence-corrected chi connectivity index (χ1v) is 8.12. The minimum atomic E-state index is -0.872. The first kappa shape index (κ1) is 17.9. The monoisotopic (exact) mass is 394 g/mol. The summed E-state index contributed by atoms with van der Waals surface area (Å²) in [7, 11) is 0. The number of nitrogens with one attached hydrogen (secondary N) is 2. The third-order valence-electron chi connectivity index (χ3n) is 3.85. The van der Waals surface area contributed by atoms with Gasteiger partial charge in [-0.25, -0.2) is 33.4 Å². The maximum absolute atomic E-state index is 13.1. The lowest BCUT2D eigenvalue weighted by Gasteiger charge is -2.08. The zero-order chi connectivity index (χ0) is 20.4. The van der Waals surface area contributed by atoms with Gasteiger partial charge in [0.15, 0.2) is 5.82 Å². The Bertz CT molecular complexity index is 1300. The van der Waals surface area contributed by atoms with Crippen molar-refractivity contribution in [3.05, 3.63) is 87.7 Å².